The van der Waals surface area contributed by atoms with E-state index in [1.807, 2.05) is 19.1 Å². The summed E-state index contributed by atoms with van der Waals surface area (Å²) in [6.45, 7) is 2.26. The number of anilines is 1. The monoisotopic (exact) mass is 334 g/mol. The summed E-state index contributed by atoms with van der Waals surface area (Å²) in [4.78, 5) is 12.0. The number of nitrogens with one attached hydrogen (secondary N) is 2. The summed E-state index contributed by atoms with van der Waals surface area (Å²) in [5.74, 6) is 1.28. The third kappa shape index (κ3) is 4.53. The van der Waals surface area contributed by atoms with Gasteiger partial charge in [0.25, 0.3) is 0 Å². The van der Waals surface area contributed by atoms with Crippen LogP contribution in [0.2, 0.25) is 5.02 Å². The van der Waals surface area contributed by atoms with Crippen LogP contribution in [0.25, 0.3) is 0 Å². The second-order valence-electron chi connectivity index (χ2n) is 4.96. The standard InChI is InChI=1S/C17H19ClN2O3/c1-11-8-13(18)5-6-14(11)20-17(21)19-10-12-4-7-15(22-2)16(9-12)23-3/h4-9H,10H2,1-3H3,(H2,19,20,21). The van der Waals surface area contributed by atoms with Crippen molar-refractivity contribution in [3.63, 3.8) is 0 Å². The van der Waals surface area contributed by atoms with Gasteiger partial charge in [-0.1, -0.05) is 17.7 Å². The molecule has 2 amide bonds. The minimum Gasteiger partial charge on any atom is -0.493 e. The molecule has 2 aromatic rings. The zero-order valence-electron chi connectivity index (χ0n) is 13.3. The number of carbonyl (C=O) groups excluding carboxylic acids is 1. The Morgan fingerprint density at radius 2 is 1.83 bits per heavy atom. The van der Waals surface area contributed by atoms with Crippen molar-refractivity contribution in [3.8, 4) is 11.5 Å². The Kier molecular flexibility index (Phi) is 5.71. The zero-order chi connectivity index (χ0) is 16.8. The molecule has 0 aliphatic rings. The van der Waals surface area contributed by atoms with E-state index >= 15 is 0 Å². The molecule has 0 bridgehead atoms. The van der Waals surface area contributed by atoms with E-state index < -0.39 is 0 Å². The summed E-state index contributed by atoms with van der Waals surface area (Å²) in [5, 5.41) is 6.23. The summed E-state index contributed by atoms with van der Waals surface area (Å²) in [5.41, 5.74) is 2.53. The molecule has 2 N–H and O–H groups in total. The molecule has 0 unspecified atom stereocenters. The first-order valence-corrected chi connectivity index (χ1v) is 7.43. The van der Waals surface area contributed by atoms with Crippen LogP contribution >= 0.6 is 11.6 Å². The van der Waals surface area contributed by atoms with Gasteiger partial charge in [0.1, 0.15) is 0 Å². The molecule has 2 rings (SSSR count). The van der Waals surface area contributed by atoms with E-state index in [1.54, 1.807) is 38.5 Å². The normalized spacial score (nSPS) is 10.1. The Bertz CT molecular complexity index is 704. The van der Waals surface area contributed by atoms with Gasteiger partial charge in [-0.2, -0.15) is 0 Å². The van der Waals surface area contributed by atoms with Crippen molar-refractivity contribution in [3.05, 3.63) is 52.5 Å². The lowest BCUT2D eigenvalue weighted by atomic mass is 10.2. The largest absolute Gasteiger partial charge is 0.493 e. The average molecular weight is 335 g/mol. The number of rotatable bonds is 5. The molecule has 5 nitrogen and oxygen atoms in total. The quantitative estimate of drug-likeness (QED) is 0.869. The molecule has 0 fully saturated rings. The van der Waals surface area contributed by atoms with Crippen molar-refractivity contribution >= 4 is 23.3 Å². The second-order valence-corrected chi connectivity index (χ2v) is 5.39. The van der Waals surface area contributed by atoms with Gasteiger partial charge in [-0.25, -0.2) is 4.79 Å². The van der Waals surface area contributed by atoms with Crippen molar-refractivity contribution in [2.75, 3.05) is 19.5 Å². The predicted octanol–water partition coefficient (Wildman–Crippen LogP) is 3.99. The van der Waals surface area contributed by atoms with E-state index in [0.717, 1.165) is 16.8 Å². The molecule has 0 heterocycles. The van der Waals surface area contributed by atoms with Crippen LogP contribution in [0, 0.1) is 6.92 Å². The highest BCUT2D eigenvalue weighted by molar-refractivity contribution is 6.30. The SMILES string of the molecule is COc1ccc(CNC(=O)Nc2ccc(Cl)cc2C)cc1OC. The van der Waals surface area contributed by atoms with Gasteiger partial charge in [-0.05, 0) is 48.4 Å². The number of methoxy groups -OCH3 is 2. The highest BCUT2D eigenvalue weighted by atomic mass is 35.5. The zero-order valence-corrected chi connectivity index (χ0v) is 14.0. The molecule has 0 aliphatic carbocycles. The summed E-state index contributed by atoms with van der Waals surface area (Å²) in [6, 6.07) is 10.5. The summed E-state index contributed by atoms with van der Waals surface area (Å²) < 4.78 is 10.4. The molecule has 0 saturated heterocycles. The van der Waals surface area contributed by atoms with Crippen LogP contribution in [0.5, 0.6) is 11.5 Å². The fraction of sp³-hybridized carbons (Fsp3) is 0.235. The van der Waals surface area contributed by atoms with Crippen LogP contribution < -0.4 is 20.1 Å². The second kappa shape index (κ2) is 7.74. The lowest BCUT2D eigenvalue weighted by molar-refractivity contribution is 0.251. The fourth-order valence-corrected chi connectivity index (χ4v) is 2.33. The lowest BCUT2D eigenvalue weighted by Crippen LogP contribution is -2.28. The van der Waals surface area contributed by atoms with E-state index in [2.05, 4.69) is 10.6 Å². The maximum Gasteiger partial charge on any atom is 0.319 e. The van der Waals surface area contributed by atoms with Crippen molar-refractivity contribution < 1.29 is 14.3 Å². The molecule has 0 aliphatic heterocycles. The maximum atomic E-state index is 12.0. The van der Waals surface area contributed by atoms with Crippen LogP contribution in [0.15, 0.2) is 36.4 Å². The lowest BCUT2D eigenvalue weighted by Gasteiger charge is -2.12. The highest BCUT2D eigenvalue weighted by Gasteiger charge is 2.07. The third-order valence-corrected chi connectivity index (χ3v) is 3.57. The first-order valence-electron chi connectivity index (χ1n) is 7.05. The summed E-state index contributed by atoms with van der Waals surface area (Å²) >= 11 is 5.90. The van der Waals surface area contributed by atoms with Gasteiger partial charge in [0.15, 0.2) is 11.5 Å². The summed E-state index contributed by atoms with van der Waals surface area (Å²) in [7, 11) is 3.16. The Morgan fingerprint density at radius 3 is 2.48 bits per heavy atom. The fourth-order valence-electron chi connectivity index (χ4n) is 2.11. The molecule has 6 heteroatoms. The topological polar surface area (TPSA) is 59.6 Å². The number of ether oxygens (including phenoxy) is 2. The number of benzene rings is 2. The van der Waals surface area contributed by atoms with E-state index in [9.17, 15) is 4.79 Å². The van der Waals surface area contributed by atoms with E-state index in [0.29, 0.717) is 23.1 Å². The van der Waals surface area contributed by atoms with Gasteiger partial charge in [0, 0.05) is 17.3 Å². The molecule has 23 heavy (non-hydrogen) atoms. The molecule has 0 atom stereocenters. The Hall–Kier alpha value is -2.40. The average Bonchev–Trinajstić information content (AvgIpc) is 2.55. The van der Waals surface area contributed by atoms with Gasteiger partial charge in [0.05, 0.1) is 14.2 Å². The number of halogens is 1. The van der Waals surface area contributed by atoms with Crippen molar-refractivity contribution in [1.82, 2.24) is 5.32 Å². The molecular formula is C17H19ClN2O3. The number of aryl methyl sites for hydroxylation is 1. The van der Waals surface area contributed by atoms with Gasteiger partial charge in [-0.15, -0.1) is 0 Å². The van der Waals surface area contributed by atoms with Gasteiger partial charge >= 0.3 is 6.03 Å². The van der Waals surface area contributed by atoms with Crippen LogP contribution in [0.4, 0.5) is 10.5 Å². The number of hydrogen-bond donors (Lipinski definition) is 2. The Morgan fingerprint density at radius 1 is 1.09 bits per heavy atom. The van der Waals surface area contributed by atoms with Crippen LogP contribution in [-0.2, 0) is 6.54 Å². The molecule has 0 aromatic heterocycles. The van der Waals surface area contributed by atoms with Gasteiger partial charge < -0.3 is 20.1 Å². The Labute approximate surface area is 140 Å². The maximum absolute atomic E-state index is 12.0. The first-order chi connectivity index (χ1) is 11.0. The van der Waals surface area contributed by atoms with Crippen LogP contribution in [-0.4, -0.2) is 20.3 Å². The van der Waals surface area contributed by atoms with E-state index in [4.69, 9.17) is 21.1 Å². The molecule has 0 radical (unpaired) electrons. The van der Waals surface area contributed by atoms with Crippen molar-refractivity contribution in [1.29, 1.82) is 0 Å². The molecule has 0 spiro atoms. The first kappa shape index (κ1) is 17.0. The minimum atomic E-state index is -0.287. The Balaban J connectivity index is 1.96. The smallest absolute Gasteiger partial charge is 0.319 e. The van der Waals surface area contributed by atoms with Crippen LogP contribution in [0.1, 0.15) is 11.1 Å². The molecule has 0 saturated carbocycles. The van der Waals surface area contributed by atoms with Crippen molar-refractivity contribution in [2.45, 2.75) is 13.5 Å². The number of urea groups is 1. The number of amides is 2. The third-order valence-electron chi connectivity index (χ3n) is 3.34. The van der Waals surface area contributed by atoms with E-state index in [-0.39, 0.29) is 6.03 Å². The minimum absolute atomic E-state index is 0.287. The van der Waals surface area contributed by atoms with Gasteiger partial charge in [0.2, 0.25) is 0 Å². The highest BCUT2D eigenvalue weighted by Crippen LogP contribution is 2.27. The van der Waals surface area contributed by atoms with Gasteiger partial charge in [-0.3, -0.25) is 0 Å². The molecular weight excluding hydrogens is 316 g/mol. The van der Waals surface area contributed by atoms with Crippen LogP contribution in [0.3, 0.4) is 0 Å². The number of carbonyl (C=O) groups is 1. The van der Waals surface area contributed by atoms with Crippen molar-refractivity contribution in [2.24, 2.45) is 0 Å². The summed E-state index contributed by atoms with van der Waals surface area (Å²) in [6.07, 6.45) is 0. The molecule has 2 aromatic carbocycles. The van der Waals surface area contributed by atoms with E-state index in [1.165, 1.54) is 0 Å². The predicted molar refractivity (Wildman–Crippen MR) is 91.6 cm³/mol. The molecule has 122 valence electrons. The number of hydrogen-bond acceptors (Lipinski definition) is 3.